The third-order valence-electron chi connectivity index (χ3n) is 2.85. The van der Waals surface area contributed by atoms with Gasteiger partial charge < -0.3 is 19.7 Å². The highest BCUT2D eigenvalue weighted by atomic mass is 16.6. The predicted molar refractivity (Wildman–Crippen MR) is 81.7 cm³/mol. The smallest absolute Gasteiger partial charge is 0.489 e. The fraction of sp³-hybridized carbons (Fsp3) is 0.118. The normalized spacial score (nSPS) is 12.9. The first-order valence-electron chi connectivity index (χ1n) is 6.73. The molecule has 0 aromatic heterocycles. The average Bonchev–Trinajstić information content (AvgIpc) is 2.97. The topological polar surface area (TPSA) is 76.0 Å². The Kier molecular flexibility index (Phi) is 5.43. The summed E-state index contributed by atoms with van der Waals surface area (Å²) in [6.07, 6.45) is -1.01. The third-order valence-corrected chi connectivity index (χ3v) is 2.85. The largest absolute Gasteiger partial charge is 0.503 e. The first-order valence-corrected chi connectivity index (χ1v) is 6.73. The van der Waals surface area contributed by atoms with Gasteiger partial charge in [0.1, 0.15) is 11.5 Å². The molecule has 0 aliphatic carbocycles. The lowest BCUT2D eigenvalue weighted by Crippen LogP contribution is -1.95. The Morgan fingerprint density at radius 1 is 0.955 bits per heavy atom. The average molecular weight is 300 g/mol. The van der Waals surface area contributed by atoms with Gasteiger partial charge in [0.2, 0.25) is 0 Å². The van der Waals surface area contributed by atoms with Crippen LogP contribution in [0.25, 0.3) is 5.76 Å². The molecule has 0 unspecified atom stereocenters. The quantitative estimate of drug-likeness (QED) is 0.893. The molecule has 0 radical (unpaired) electrons. The van der Waals surface area contributed by atoms with Crippen LogP contribution in [-0.2, 0) is 4.74 Å². The van der Waals surface area contributed by atoms with Gasteiger partial charge in [0, 0.05) is 12.0 Å². The van der Waals surface area contributed by atoms with E-state index < -0.39 is 6.16 Å². The molecule has 0 atom stereocenters. The molecule has 5 heteroatoms. The minimum absolute atomic E-state index is 0.687. The molecule has 2 N–H and O–H groups in total. The van der Waals surface area contributed by atoms with Crippen LogP contribution in [0, 0.1) is 0 Å². The summed E-state index contributed by atoms with van der Waals surface area (Å²) in [7, 11) is 0. The molecule has 0 amide bonds. The van der Waals surface area contributed by atoms with Crippen molar-refractivity contribution in [3.63, 3.8) is 0 Å². The van der Waals surface area contributed by atoms with Gasteiger partial charge in [0.15, 0.2) is 5.76 Å². The highest BCUT2D eigenvalue weighted by Crippen LogP contribution is 2.30. The molecule has 0 saturated heterocycles. The Labute approximate surface area is 128 Å². The van der Waals surface area contributed by atoms with Crippen LogP contribution >= 0.6 is 0 Å². The van der Waals surface area contributed by atoms with Gasteiger partial charge in [-0.3, -0.25) is 0 Å². The first-order chi connectivity index (χ1) is 10.7. The van der Waals surface area contributed by atoms with Crippen LogP contribution in [0.2, 0.25) is 0 Å². The molecule has 1 aliphatic heterocycles. The van der Waals surface area contributed by atoms with Crippen molar-refractivity contribution in [3.8, 4) is 5.75 Å². The van der Waals surface area contributed by atoms with E-state index >= 15 is 0 Å². The van der Waals surface area contributed by atoms with Crippen molar-refractivity contribution in [1.29, 1.82) is 0 Å². The zero-order chi connectivity index (χ0) is 15.8. The molecule has 114 valence electrons. The highest BCUT2D eigenvalue weighted by Gasteiger charge is 2.19. The lowest BCUT2D eigenvalue weighted by Gasteiger charge is -2.08. The maximum atomic E-state index is 8.56. The molecule has 0 bridgehead atoms. The van der Waals surface area contributed by atoms with E-state index in [4.69, 9.17) is 24.5 Å². The maximum Gasteiger partial charge on any atom is 0.503 e. The molecule has 1 aliphatic rings. The second-order valence-corrected chi connectivity index (χ2v) is 4.41. The molecule has 3 rings (SSSR count). The second-order valence-electron chi connectivity index (χ2n) is 4.41. The molecule has 5 nitrogen and oxygen atoms in total. The fourth-order valence-corrected chi connectivity index (χ4v) is 2.00. The van der Waals surface area contributed by atoms with Gasteiger partial charge in [-0.05, 0) is 12.1 Å². The number of rotatable bonds is 3. The molecule has 22 heavy (non-hydrogen) atoms. The zero-order valence-corrected chi connectivity index (χ0v) is 11.8. The lowest BCUT2D eigenvalue weighted by atomic mass is 10.1. The van der Waals surface area contributed by atoms with Crippen LogP contribution in [0.5, 0.6) is 5.75 Å². The predicted octanol–water partition coefficient (Wildman–Crippen LogP) is 4.08. The van der Waals surface area contributed by atoms with Crippen LogP contribution in [0.15, 0.2) is 66.4 Å². The van der Waals surface area contributed by atoms with Gasteiger partial charge >= 0.3 is 6.16 Å². The first kappa shape index (κ1) is 15.4. The summed E-state index contributed by atoms with van der Waals surface area (Å²) < 4.78 is 11.6. The number of para-hydroxylation sites is 1. The zero-order valence-electron chi connectivity index (χ0n) is 11.8. The van der Waals surface area contributed by atoms with Gasteiger partial charge in [-0.15, -0.1) is 0 Å². The summed E-state index contributed by atoms with van der Waals surface area (Å²) in [4.78, 5) is 8.56. The van der Waals surface area contributed by atoms with Gasteiger partial charge in [0.25, 0.3) is 0 Å². The van der Waals surface area contributed by atoms with Crippen molar-refractivity contribution in [2.45, 2.75) is 6.42 Å². The van der Waals surface area contributed by atoms with E-state index in [1.165, 1.54) is 0 Å². The number of carbonyl (C=O) groups is 1. The van der Waals surface area contributed by atoms with Gasteiger partial charge in [-0.25, -0.2) is 4.79 Å². The van der Waals surface area contributed by atoms with Crippen molar-refractivity contribution >= 4 is 11.9 Å². The summed E-state index contributed by atoms with van der Waals surface area (Å²) in [5.41, 5.74) is 1.07. The van der Waals surface area contributed by atoms with Gasteiger partial charge in [-0.1, -0.05) is 48.5 Å². The van der Waals surface area contributed by atoms with E-state index in [0.717, 1.165) is 29.3 Å². The Balaban J connectivity index is 0.000000396. The molecule has 0 spiro atoms. The van der Waals surface area contributed by atoms with Crippen molar-refractivity contribution in [2.75, 3.05) is 6.61 Å². The fourth-order valence-electron chi connectivity index (χ4n) is 2.00. The maximum absolute atomic E-state index is 8.56. The Morgan fingerprint density at radius 2 is 1.50 bits per heavy atom. The van der Waals surface area contributed by atoms with Crippen LogP contribution in [0.3, 0.4) is 0 Å². The molecule has 2 aromatic carbocycles. The summed E-state index contributed by atoms with van der Waals surface area (Å²) in [6, 6.07) is 19.9. The number of hydrogen-bond donors (Lipinski definition) is 2. The third kappa shape index (κ3) is 4.56. The lowest BCUT2D eigenvalue weighted by molar-refractivity contribution is 0.137. The van der Waals surface area contributed by atoms with Crippen molar-refractivity contribution in [2.24, 2.45) is 0 Å². The number of benzene rings is 2. The van der Waals surface area contributed by atoms with Crippen molar-refractivity contribution in [1.82, 2.24) is 0 Å². The van der Waals surface area contributed by atoms with Crippen molar-refractivity contribution < 1.29 is 24.5 Å². The SMILES string of the molecule is O=C(O)O.c1ccc(OC2=C(c3ccccc3)OCC2)cc1. The molecule has 2 aromatic rings. The van der Waals surface area contributed by atoms with E-state index in [0.29, 0.717) is 6.61 Å². The summed E-state index contributed by atoms with van der Waals surface area (Å²) in [5.74, 6) is 2.62. The second kappa shape index (κ2) is 7.73. The van der Waals surface area contributed by atoms with E-state index in [-0.39, 0.29) is 0 Å². The van der Waals surface area contributed by atoms with Crippen LogP contribution in [0.1, 0.15) is 12.0 Å². The number of carboxylic acid groups (broad SMARTS) is 2. The van der Waals surface area contributed by atoms with Gasteiger partial charge in [0.05, 0.1) is 6.61 Å². The van der Waals surface area contributed by atoms with E-state index in [9.17, 15) is 0 Å². The monoisotopic (exact) mass is 300 g/mol. The molecular weight excluding hydrogens is 284 g/mol. The van der Waals surface area contributed by atoms with E-state index in [1.807, 2.05) is 60.7 Å². The van der Waals surface area contributed by atoms with Crippen molar-refractivity contribution in [3.05, 3.63) is 72.0 Å². The van der Waals surface area contributed by atoms with Gasteiger partial charge in [-0.2, -0.15) is 0 Å². The summed E-state index contributed by atoms with van der Waals surface area (Å²) >= 11 is 0. The summed E-state index contributed by atoms with van der Waals surface area (Å²) in [5, 5.41) is 13.9. The minimum atomic E-state index is -1.83. The molecule has 1 heterocycles. The van der Waals surface area contributed by atoms with E-state index in [2.05, 4.69) is 0 Å². The Bertz CT molecular complexity index is 631. The Hall–Kier alpha value is -2.95. The molecule has 0 fully saturated rings. The van der Waals surface area contributed by atoms with Crippen LogP contribution in [-0.4, -0.2) is 23.0 Å². The molecule has 0 saturated carbocycles. The van der Waals surface area contributed by atoms with E-state index in [1.54, 1.807) is 0 Å². The minimum Gasteiger partial charge on any atom is -0.489 e. The number of hydrogen-bond acceptors (Lipinski definition) is 3. The van der Waals surface area contributed by atoms with Crippen LogP contribution in [0.4, 0.5) is 4.79 Å². The molecular formula is C17H16O5. The number of ether oxygens (including phenoxy) is 2. The standard InChI is InChI=1S/C16H14O2.CH2O3/c1-3-7-13(8-4-1)16-15(11-12-17-16)18-14-9-5-2-6-10-14;2-1(3)4/h1-10H,11-12H2;(H2,2,3,4). The summed E-state index contributed by atoms with van der Waals surface area (Å²) in [6.45, 7) is 0.687. The van der Waals surface area contributed by atoms with Crippen LogP contribution < -0.4 is 4.74 Å². The highest BCUT2D eigenvalue weighted by molar-refractivity contribution is 5.63. The Morgan fingerprint density at radius 3 is 2.09 bits per heavy atom.